The third-order valence-electron chi connectivity index (χ3n) is 7.79. The third-order valence-corrected chi connectivity index (χ3v) is 7.79. The van der Waals surface area contributed by atoms with E-state index < -0.39 is 0 Å². The minimum atomic E-state index is 0.0332. The smallest absolute Gasteiger partial charge is 0.129 e. The molecule has 0 aliphatic rings. The lowest BCUT2D eigenvalue weighted by atomic mass is 9.80. The first-order valence-corrected chi connectivity index (χ1v) is 13.9. The summed E-state index contributed by atoms with van der Waals surface area (Å²) in [6, 6.07) is 37.2. The van der Waals surface area contributed by atoms with E-state index in [0.717, 1.165) is 16.7 Å². The summed E-state index contributed by atoms with van der Waals surface area (Å²) in [5.74, 6) is 0.911. The molecule has 0 saturated heterocycles. The lowest BCUT2D eigenvalue weighted by Crippen LogP contribution is -2.17. The highest BCUT2D eigenvalue weighted by Crippen LogP contribution is 2.42. The summed E-state index contributed by atoms with van der Waals surface area (Å²) in [4.78, 5) is 0. The van der Waals surface area contributed by atoms with Crippen molar-refractivity contribution in [1.82, 2.24) is 4.57 Å². The highest BCUT2D eigenvalue weighted by atomic mass is 16.5. The van der Waals surface area contributed by atoms with Gasteiger partial charge in [-0.15, -0.1) is 0 Å². The van der Waals surface area contributed by atoms with Crippen LogP contribution in [0, 0.1) is 0 Å². The molecule has 0 bridgehead atoms. The molecule has 2 heteroatoms. The number of nitrogens with zero attached hydrogens (tertiary/aromatic N) is 1. The molecule has 6 rings (SSSR count). The van der Waals surface area contributed by atoms with Crippen LogP contribution in [0.25, 0.3) is 38.3 Å². The quantitative estimate of drug-likeness (QED) is 0.230. The van der Waals surface area contributed by atoms with Crippen molar-refractivity contribution in [3.8, 4) is 11.4 Å². The Kier molecular flexibility index (Phi) is 6.03. The number of benzene rings is 5. The van der Waals surface area contributed by atoms with E-state index in [-0.39, 0.29) is 10.8 Å². The predicted octanol–water partition coefficient (Wildman–Crippen LogP) is 10.1. The summed E-state index contributed by atoms with van der Waals surface area (Å²) in [5, 5.41) is 4.89. The molecule has 1 heterocycles. The molecule has 0 fully saturated rings. The summed E-state index contributed by atoms with van der Waals surface area (Å²) in [6.45, 7) is 14.3. The molecule has 0 spiro atoms. The Morgan fingerprint density at radius 1 is 0.564 bits per heavy atom. The van der Waals surface area contributed by atoms with Crippen molar-refractivity contribution >= 4 is 32.6 Å². The molecule has 0 unspecified atom stereocenters. The van der Waals surface area contributed by atoms with Crippen LogP contribution < -0.4 is 4.74 Å². The maximum absolute atomic E-state index is 6.54. The summed E-state index contributed by atoms with van der Waals surface area (Å²) < 4.78 is 8.98. The molecule has 196 valence electrons. The Balaban J connectivity index is 1.67. The highest BCUT2D eigenvalue weighted by Gasteiger charge is 2.23. The molecule has 0 N–H and O–H groups in total. The van der Waals surface area contributed by atoms with Crippen molar-refractivity contribution in [3.63, 3.8) is 0 Å². The summed E-state index contributed by atoms with van der Waals surface area (Å²) in [6.07, 6.45) is 0. The van der Waals surface area contributed by atoms with Crippen molar-refractivity contribution in [2.45, 2.75) is 59.0 Å². The van der Waals surface area contributed by atoms with Crippen LogP contribution in [0.1, 0.15) is 58.2 Å². The molecule has 0 atom stereocenters. The number of rotatable bonds is 4. The fourth-order valence-corrected chi connectivity index (χ4v) is 5.54. The van der Waals surface area contributed by atoms with Gasteiger partial charge in [-0.2, -0.15) is 0 Å². The van der Waals surface area contributed by atoms with Gasteiger partial charge in [-0.1, -0.05) is 120 Å². The largest absolute Gasteiger partial charge is 0.488 e. The van der Waals surface area contributed by atoms with Gasteiger partial charge in [0.1, 0.15) is 12.4 Å². The Bertz CT molecular complexity index is 1780. The van der Waals surface area contributed by atoms with Crippen molar-refractivity contribution in [2.75, 3.05) is 0 Å². The molecule has 5 aromatic carbocycles. The normalized spacial score (nSPS) is 12.5. The van der Waals surface area contributed by atoms with Gasteiger partial charge in [0, 0.05) is 27.9 Å². The highest BCUT2D eigenvalue weighted by molar-refractivity contribution is 6.22. The monoisotopic (exact) mass is 511 g/mol. The van der Waals surface area contributed by atoms with Gasteiger partial charge in [0.2, 0.25) is 0 Å². The second-order valence-corrected chi connectivity index (χ2v) is 12.7. The van der Waals surface area contributed by atoms with E-state index in [1.807, 2.05) is 6.07 Å². The Morgan fingerprint density at radius 3 is 1.77 bits per heavy atom. The number of ether oxygens (including phenoxy) is 1. The number of hydrogen-bond acceptors (Lipinski definition) is 1. The zero-order valence-corrected chi connectivity index (χ0v) is 23.9. The van der Waals surface area contributed by atoms with Crippen molar-refractivity contribution in [2.24, 2.45) is 0 Å². The second-order valence-electron chi connectivity index (χ2n) is 12.7. The van der Waals surface area contributed by atoms with Gasteiger partial charge in [0.05, 0.1) is 11.0 Å². The summed E-state index contributed by atoms with van der Waals surface area (Å²) in [5.41, 5.74) is 7.50. The molecule has 39 heavy (non-hydrogen) atoms. The molecule has 6 aromatic rings. The van der Waals surface area contributed by atoms with Crippen LogP contribution in [0.5, 0.6) is 5.75 Å². The number of hydrogen-bond donors (Lipinski definition) is 0. The van der Waals surface area contributed by atoms with Gasteiger partial charge < -0.3 is 9.30 Å². The average Bonchev–Trinajstić information content (AvgIpc) is 3.25. The van der Waals surface area contributed by atoms with Crippen molar-refractivity contribution in [1.29, 1.82) is 0 Å². The number of para-hydroxylation sites is 1. The van der Waals surface area contributed by atoms with Gasteiger partial charge in [-0.25, -0.2) is 0 Å². The first-order valence-electron chi connectivity index (χ1n) is 13.9. The zero-order valence-electron chi connectivity index (χ0n) is 23.9. The lowest BCUT2D eigenvalue weighted by Gasteiger charge is -2.27. The standard InChI is InChI=1S/C37H37NO/c1-36(2,3)26-20-27(37(4,5)6)22-28(21-26)38-32-19-13-12-18-31(32)35-30-17-11-10-16-29(30)34(23-33(35)38)39-24-25-14-8-7-9-15-25/h7-23H,24H2,1-6H3. The molecular weight excluding hydrogens is 474 g/mol. The van der Waals surface area contributed by atoms with E-state index in [1.165, 1.54) is 44.0 Å². The molecule has 0 aliphatic carbocycles. The second kappa shape index (κ2) is 9.31. The summed E-state index contributed by atoms with van der Waals surface area (Å²) in [7, 11) is 0. The van der Waals surface area contributed by atoms with E-state index >= 15 is 0 Å². The molecule has 0 aliphatic heterocycles. The third kappa shape index (κ3) is 4.59. The Hall–Kier alpha value is -4.04. The van der Waals surface area contributed by atoms with Gasteiger partial charge in [-0.3, -0.25) is 0 Å². The lowest BCUT2D eigenvalue weighted by molar-refractivity contribution is 0.310. The van der Waals surface area contributed by atoms with E-state index in [2.05, 4.69) is 143 Å². The molecule has 0 radical (unpaired) electrons. The van der Waals surface area contributed by atoms with Crippen LogP contribution >= 0.6 is 0 Å². The zero-order chi connectivity index (χ0) is 27.4. The van der Waals surface area contributed by atoms with E-state index in [0.29, 0.717) is 6.61 Å². The molecular formula is C37H37NO. The molecule has 0 amide bonds. The first kappa shape index (κ1) is 25.2. The van der Waals surface area contributed by atoms with Gasteiger partial charge in [-0.05, 0) is 51.1 Å². The Morgan fingerprint density at radius 2 is 1.13 bits per heavy atom. The van der Waals surface area contributed by atoms with E-state index in [4.69, 9.17) is 4.74 Å². The first-order chi connectivity index (χ1) is 18.6. The van der Waals surface area contributed by atoms with Crippen LogP contribution in [-0.4, -0.2) is 4.57 Å². The minimum Gasteiger partial charge on any atom is -0.488 e. The van der Waals surface area contributed by atoms with Crippen LogP contribution in [0.15, 0.2) is 103 Å². The number of fused-ring (bicyclic) bond motifs is 5. The minimum absolute atomic E-state index is 0.0332. The van der Waals surface area contributed by atoms with Gasteiger partial charge in [0.15, 0.2) is 0 Å². The van der Waals surface area contributed by atoms with Crippen LogP contribution in [0.4, 0.5) is 0 Å². The molecule has 2 nitrogen and oxygen atoms in total. The maximum Gasteiger partial charge on any atom is 0.129 e. The molecule has 1 aromatic heterocycles. The maximum atomic E-state index is 6.54. The van der Waals surface area contributed by atoms with E-state index in [9.17, 15) is 0 Å². The van der Waals surface area contributed by atoms with Crippen LogP contribution in [-0.2, 0) is 17.4 Å². The van der Waals surface area contributed by atoms with Gasteiger partial charge in [0.25, 0.3) is 0 Å². The van der Waals surface area contributed by atoms with Gasteiger partial charge >= 0.3 is 0 Å². The van der Waals surface area contributed by atoms with E-state index in [1.54, 1.807) is 0 Å². The fraction of sp³-hybridized carbons (Fsp3) is 0.243. The topological polar surface area (TPSA) is 14.2 Å². The fourth-order valence-electron chi connectivity index (χ4n) is 5.54. The van der Waals surface area contributed by atoms with Crippen LogP contribution in [0.3, 0.4) is 0 Å². The molecule has 0 saturated carbocycles. The average molecular weight is 512 g/mol. The SMILES string of the molecule is CC(C)(C)c1cc(-n2c3ccccc3c3c4ccccc4c(OCc4ccccc4)cc32)cc(C(C)(C)C)c1. The predicted molar refractivity (Wildman–Crippen MR) is 166 cm³/mol. The van der Waals surface area contributed by atoms with Crippen LogP contribution in [0.2, 0.25) is 0 Å². The van der Waals surface area contributed by atoms with Crippen molar-refractivity contribution < 1.29 is 4.74 Å². The summed E-state index contributed by atoms with van der Waals surface area (Å²) >= 11 is 0. The van der Waals surface area contributed by atoms with Crippen molar-refractivity contribution in [3.05, 3.63) is 120 Å². The Labute approximate surface area is 231 Å². The number of aromatic nitrogens is 1.